The van der Waals surface area contributed by atoms with E-state index in [0.29, 0.717) is 0 Å². The van der Waals surface area contributed by atoms with E-state index in [2.05, 4.69) is 94.7 Å². The second kappa shape index (κ2) is 39.5. The molecule has 0 aliphatic heterocycles. The Bertz CT molecular complexity index is 4120. The number of benzene rings is 4. The van der Waals surface area contributed by atoms with Gasteiger partial charge in [0.25, 0.3) is 0 Å². The fourth-order valence-corrected chi connectivity index (χ4v) is 8.39. The Labute approximate surface area is 571 Å². The molecule has 19 heteroatoms. The predicted molar refractivity (Wildman–Crippen MR) is 386 cm³/mol. The smallest absolute Gasteiger partial charge is 0.125 e. The summed E-state index contributed by atoms with van der Waals surface area (Å²) in [5, 5.41) is 0. The number of aryl methyl sites for hydroxylation is 8. The van der Waals surface area contributed by atoms with Crippen LogP contribution in [0.5, 0.6) is 0 Å². The van der Waals surface area contributed by atoms with Gasteiger partial charge in [-0.05, 0) is 103 Å². The standard InChI is InChI=1S/4C11H10N2.3C10H9N3.C5H6N2/c1-9-12-7-11(8-13-9)10-5-3-2-4-6-10;1-9-7-13-11(8-12-9)10-5-3-2-4-6-10;1-9-7-12-8-11(13-9)10-5-3-2-4-6-10;1-9-7-11(13-8-12-9)10-5-3-2-4-6-10;1-8-12-6-10(7-13-8)9-3-2-4-11-5-9;1-8-5-13-10(7-12-8)9-3-2-4-11-6-9;1-8-5-10(13-7-12-8)9-3-2-4-11-6-9;1-5-4-6-2-3-7-5/h4*2-8H,1H3;3*2-7H,1H3;2-4H,1H3. The van der Waals surface area contributed by atoms with Gasteiger partial charge >= 0.3 is 0 Å². The van der Waals surface area contributed by atoms with Crippen molar-refractivity contribution in [1.82, 2.24) is 94.7 Å². The van der Waals surface area contributed by atoms with Crippen LogP contribution in [0.25, 0.3) is 78.5 Å². The van der Waals surface area contributed by atoms with E-state index in [1.165, 1.54) is 0 Å². The number of hydrogen-bond donors (Lipinski definition) is 0. The molecule has 0 fully saturated rings. The van der Waals surface area contributed by atoms with E-state index in [1.807, 2.05) is 238 Å². The van der Waals surface area contributed by atoms with Crippen molar-refractivity contribution in [2.24, 2.45) is 0 Å². The van der Waals surface area contributed by atoms with Crippen LogP contribution in [0.2, 0.25) is 0 Å². The summed E-state index contributed by atoms with van der Waals surface area (Å²) < 4.78 is 0. The number of nitrogens with zero attached hydrogens (tertiary/aromatic N) is 19. The largest absolute Gasteiger partial charge is 0.264 e. The first-order valence-electron chi connectivity index (χ1n) is 31.1. The molecule has 98 heavy (non-hydrogen) atoms. The third-order valence-corrected chi connectivity index (χ3v) is 13.4. The topological polar surface area (TPSA) is 245 Å². The molecule has 0 spiro atoms. The average Bonchev–Trinajstić information content (AvgIpc) is 2.18. The van der Waals surface area contributed by atoms with E-state index in [-0.39, 0.29) is 0 Å². The van der Waals surface area contributed by atoms with Crippen LogP contribution in [-0.2, 0) is 0 Å². The van der Waals surface area contributed by atoms with Crippen LogP contribution in [0.4, 0.5) is 0 Å². The quantitative estimate of drug-likeness (QED) is 0.144. The summed E-state index contributed by atoms with van der Waals surface area (Å²) in [6, 6.07) is 55.8. The maximum absolute atomic E-state index is 4.38. The zero-order chi connectivity index (χ0) is 68.8. The fraction of sp³-hybridized carbons (Fsp3) is 0.101. The molecule has 0 atom stereocenters. The van der Waals surface area contributed by atoms with E-state index >= 15 is 0 Å². The van der Waals surface area contributed by atoms with Crippen LogP contribution in [-0.4, -0.2) is 94.7 Å². The van der Waals surface area contributed by atoms with Crippen molar-refractivity contribution >= 4 is 0 Å². The average molecular weight is 1290 g/mol. The van der Waals surface area contributed by atoms with Gasteiger partial charge in [-0.25, -0.2) is 44.9 Å². The molecule has 0 aliphatic rings. The minimum absolute atomic E-state index is 0.785. The zero-order valence-electron chi connectivity index (χ0n) is 55.8. The third kappa shape index (κ3) is 25.1. The van der Waals surface area contributed by atoms with Gasteiger partial charge in [-0.2, -0.15) is 0 Å². The maximum atomic E-state index is 4.38. The highest BCUT2D eigenvalue weighted by Crippen LogP contribution is 2.20. The molecule has 4 aromatic carbocycles. The molecule has 0 unspecified atom stereocenters. The lowest BCUT2D eigenvalue weighted by molar-refractivity contribution is 1.05. The fourth-order valence-electron chi connectivity index (χ4n) is 8.39. The molecule has 0 radical (unpaired) electrons. The molecule has 15 rings (SSSR count). The van der Waals surface area contributed by atoms with E-state index in [0.717, 1.165) is 124 Å². The molecule has 0 bridgehead atoms. The Morgan fingerprint density at radius 3 is 0.939 bits per heavy atom. The van der Waals surface area contributed by atoms with E-state index < -0.39 is 0 Å². The van der Waals surface area contributed by atoms with Crippen LogP contribution < -0.4 is 0 Å². The van der Waals surface area contributed by atoms with Gasteiger partial charge < -0.3 is 0 Å². The lowest BCUT2D eigenvalue weighted by Gasteiger charge is -1.99. The highest BCUT2D eigenvalue weighted by atomic mass is 14.9. The normalized spacial score (nSPS) is 9.84. The SMILES string of the molecule is Cc1cc(-c2ccccc2)ncn1.Cc1cc(-c2cccnc2)ncn1.Cc1cnc(-c2ccccc2)cn1.Cc1cnc(-c2cccnc2)cn1.Cc1cncc(-c2ccccc2)n1.Cc1cnccn1.Cc1ncc(-c2ccccc2)cn1.Cc1ncc(-c2cccnc2)cn1. The lowest BCUT2D eigenvalue weighted by atomic mass is 10.1. The van der Waals surface area contributed by atoms with Crippen LogP contribution >= 0.6 is 0 Å². The van der Waals surface area contributed by atoms with Gasteiger partial charge in [0.1, 0.15) is 24.3 Å². The van der Waals surface area contributed by atoms with Gasteiger partial charge in [0.05, 0.1) is 69.8 Å². The Balaban J connectivity index is 0.000000143. The Kier molecular flexibility index (Phi) is 28.6. The van der Waals surface area contributed by atoms with Crippen LogP contribution in [0.1, 0.15) is 45.8 Å². The minimum atomic E-state index is 0.785. The van der Waals surface area contributed by atoms with Crippen LogP contribution in [0, 0.1) is 55.4 Å². The monoisotopic (exact) mass is 1290 g/mol. The second-order valence-corrected chi connectivity index (χ2v) is 21.3. The summed E-state index contributed by atoms with van der Waals surface area (Å²) in [6.45, 7) is 15.4. The van der Waals surface area contributed by atoms with E-state index in [4.69, 9.17) is 0 Å². The molecule has 15 aromatic rings. The van der Waals surface area contributed by atoms with Crippen molar-refractivity contribution in [3.8, 4) is 78.5 Å². The molecular weight excluding hydrogens is 1220 g/mol. The summed E-state index contributed by atoms with van der Waals surface area (Å²) in [7, 11) is 0. The molecular formula is C79H73N19. The molecule has 11 heterocycles. The van der Waals surface area contributed by atoms with Crippen LogP contribution in [0.3, 0.4) is 0 Å². The Morgan fingerprint density at radius 2 is 0.551 bits per heavy atom. The molecule has 484 valence electrons. The summed E-state index contributed by atoms with van der Waals surface area (Å²) >= 11 is 0. The van der Waals surface area contributed by atoms with Gasteiger partial charge in [0.2, 0.25) is 0 Å². The van der Waals surface area contributed by atoms with E-state index in [9.17, 15) is 0 Å². The minimum Gasteiger partial charge on any atom is -0.264 e. The van der Waals surface area contributed by atoms with Gasteiger partial charge in [-0.1, -0.05) is 127 Å². The number of hydrogen-bond acceptors (Lipinski definition) is 19. The van der Waals surface area contributed by atoms with Crippen molar-refractivity contribution in [2.75, 3.05) is 0 Å². The number of pyridine rings is 3. The molecule has 0 amide bonds. The van der Waals surface area contributed by atoms with Gasteiger partial charge in [-0.3, -0.25) is 49.8 Å². The Hall–Kier alpha value is -13.0. The summed E-state index contributed by atoms with van der Waals surface area (Å²) in [5.74, 6) is 1.59. The zero-order valence-corrected chi connectivity index (χ0v) is 55.8. The molecule has 0 N–H and O–H groups in total. The number of aromatic nitrogens is 19. The molecule has 11 aromatic heterocycles. The molecule has 0 aliphatic carbocycles. The summed E-state index contributed by atoms with van der Waals surface area (Å²) in [5.41, 5.74) is 20.0. The van der Waals surface area contributed by atoms with Gasteiger partial charge in [-0.15, -0.1) is 0 Å². The Morgan fingerprint density at radius 1 is 0.184 bits per heavy atom. The lowest BCUT2D eigenvalue weighted by Crippen LogP contribution is -1.87. The van der Waals surface area contributed by atoms with Crippen molar-refractivity contribution in [1.29, 1.82) is 0 Å². The van der Waals surface area contributed by atoms with Gasteiger partial charge in [0, 0.05) is 155 Å². The predicted octanol–water partition coefficient (Wildman–Crippen LogP) is 16.1. The highest BCUT2D eigenvalue weighted by Gasteiger charge is 2.03. The first-order valence-corrected chi connectivity index (χ1v) is 31.1. The first kappa shape index (κ1) is 70.8. The summed E-state index contributed by atoms with van der Waals surface area (Å²) in [4.78, 5) is 78.1. The second-order valence-electron chi connectivity index (χ2n) is 21.3. The van der Waals surface area contributed by atoms with Crippen molar-refractivity contribution < 1.29 is 0 Å². The summed E-state index contributed by atoms with van der Waals surface area (Å²) in [6.07, 6.45) is 36.7. The highest BCUT2D eigenvalue weighted by molar-refractivity contribution is 5.63. The first-order chi connectivity index (χ1) is 47.9. The molecule has 0 saturated heterocycles. The van der Waals surface area contributed by atoms with E-state index in [1.54, 1.807) is 118 Å². The van der Waals surface area contributed by atoms with Crippen molar-refractivity contribution in [3.05, 3.63) is 346 Å². The third-order valence-electron chi connectivity index (χ3n) is 13.4. The van der Waals surface area contributed by atoms with Gasteiger partial charge in [0.15, 0.2) is 0 Å². The molecule has 0 saturated carbocycles. The van der Waals surface area contributed by atoms with Crippen molar-refractivity contribution in [2.45, 2.75) is 55.4 Å². The maximum Gasteiger partial charge on any atom is 0.125 e. The van der Waals surface area contributed by atoms with Crippen LogP contribution in [0.15, 0.2) is 300 Å². The number of rotatable bonds is 7. The molecule has 19 nitrogen and oxygen atoms in total. The van der Waals surface area contributed by atoms with Crippen molar-refractivity contribution in [3.63, 3.8) is 0 Å².